The Hall–Kier alpha value is -2.80. The quantitative estimate of drug-likeness (QED) is 0.840. The average Bonchev–Trinajstić information content (AvgIpc) is 3.30. The van der Waals surface area contributed by atoms with E-state index in [9.17, 15) is 9.59 Å². The van der Waals surface area contributed by atoms with Crippen LogP contribution in [0.3, 0.4) is 0 Å². The Labute approximate surface area is 177 Å². The van der Waals surface area contributed by atoms with Gasteiger partial charge in [-0.2, -0.15) is 0 Å². The van der Waals surface area contributed by atoms with Crippen LogP contribution in [0, 0.1) is 12.8 Å². The molecule has 1 aromatic carbocycles. The summed E-state index contributed by atoms with van der Waals surface area (Å²) < 4.78 is 5.20. The summed E-state index contributed by atoms with van der Waals surface area (Å²) in [7, 11) is 2.15. The molecule has 0 unspecified atom stereocenters. The lowest BCUT2D eigenvalue weighted by Gasteiger charge is -2.34. The molecule has 2 amide bonds. The maximum atomic E-state index is 12.8. The maximum Gasteiger partial charge on any atom is 0.289 e. The lowest BCUT2D eigenvalue weighted by Crippen LogP contribution is -2.44. The monoisotopic (exact) mass is 410 g/mol. The van der Waals surface area contributed by atoms with Crippen LogP contribution in [0.15, 0.2) is 41.0 Å². The van der Waals surface area contributed by atoms with E-state index in [-0.39, 0.29) is 17.7 Å². The summed E-state index contributed by atoms with van der Waals surface area (Å²) in [4.78, 5) is 31.7. The first kappa shape index (κ1) is 20.5. The number of aryl methyl sites for hydroxylation is 1. The molecule has 2 fully saturated rings. The first-order valence-electron chi connectivity index (χ1n) is 10.7. The Bertz CT molecular complexity index is 880. The van der Waals surface area contributed by atoms with Crippen LogP contribution in [0.1, 0.15) is 29.0 Å². The number of furan rings is 1. The van der Waals surface area contributed by atoms with Crippen LogP contribution >= 0.6 is 0 Å². The minimum atomic E-state index is -0.103. The van der Waals surface area contributed by atoms with E-state index in [4.69, 9.17) is 4.42 Å². The molecule has 4 rings (SSSR count). The van der Waals surface area contributed by atoms with Crippen LogP contribution in [0.4, 0.5) is 11.4 Å². The molecule has 0 aliphatic carbocycles. The minimum absolute atomic E-state index is 0.0375. The predicted molar refractivity (Wildman–Crippen MR) is 117 cm³/mol. The van der Waals surface area contributed by atoms with Crippen molar-refractivity contribution in [2.75, 3.05) is 56.5 Å². The van der Waals surface area contributed by atoms with Crippen molar-refractivity contribution in [3.05, 3.63) is 47.9 Å². The molecule has 2 aliphatic rings. The summed E-state index contributed by atoms with van der Waals surface area (Å²) in [6.07, 6.45) is 2.83. The molecule has 160 valence electrons. The number of likely N-dealkylation sites (tertiary alicyclic amines) is 1. The molecule has 1 aromatic heterocycles. The fourth-order valence-electron chi connectivity index (χ4n) is 4.19. The van der Waals surface area contributed by atoms with Crippen LogP contribution < -0.4 is 10.2 Å². The summed E-state index contributed by atoms with van der Waals surface area (Å²) in [6.45, 7) is 7.36. The Morgan fingerprint density at radius 1 is 1.03 bits per heavy atom. The first-order valence-corrected chi connectivity index (χ1v) is 10.7. The zero-order valence-corrected chi connectivity index (χ0v) is 17.8. The number of likely N-dealkylation sites (N-methyl/N-ethyl adjacent to an activating group) is 1. The summed E-state index contributed by atoms with van der Waals surface area (Å²) >= 11 is 0. The van der Waals surface area contributed by atoms with Crippen LogP contribution in [0.5, 0.6) is 0 Å². The van der Waals surface area contributed by atoms with Crippen molar-refractivity contribution < 1.29 is 14.0 Å². The van der Waals surface area contributed by atoms with Crippen molar-refractivity contribution in [2.24, 2.45) is 5.92 Å². The van der Waals surface area contributed by atoms with Gasteiger partial charge in [-0.15, -0.1) is 0 Å². The number of benzene rings is 1. The molecule has 0 spiro atoms. The predicted octanol–water partition coefficient (Wildman–Crippen LogP) is 2.83. The molecule has 30 heavy (non-hydrogen) atoms. The smallest absolute Gasteiger partial charge is 0.289 e. The van der Waals surface area contributed by atoms with Gasteiger partial charge < -0.3 is 24.4 Å². The Morgan fingerprint density at radius 2 is 1.77 bits per heavy atom. The second-order valence-electron chi connectivity index (χ2n) is 8.32. The fourth-order valence-corrected chi connectivity index (χ4v) is 4.19. The molecular formula is C23H30N4O3. The highest BCUT2D eigenvalue weighted by Crippen LogP contribution is 2.26. The number of carbonyl (C=O) groups excluding carboxylic acids is 2. The van der Waals surface area contributed by atoms with Gasteiger partial charge in [-0.3, -0.25) is 9.59 Å². The number of hydrogen-bond acceptors (Lipinski definition) is 5. The maximum absolute atomic E-state index is 12.8. The number of nitrogens with zero attached hydrogens (tertiary/aromatic N) is 3. The van der Waals surface area contributed by atoms with Crippen LogP contribution in [-0.2, 0) is 4.79 Å². The van der Waals surface area contributed by atoms with Crippen molar-refractivity contribution in [3.63, 3.8) is 0 Å². The average molecular weight is 411 g/mol. The summed E-state index contributed by atoms with van der Waals surface area (Å²) in [5.74, 6) is 0.209. The molecule has 1 N–H and O–H groups in total. The van der Waals surface area contributed by atoms with Gasteiger partial charge in [0, 0.05) is 56.6 Å². The van der Waals surface area contributed by atoms with Gasteiger partial charge in [0.15, 0.2) is 5.76 Å². The first-order chi connectivity index (χ1) is 14.5. The lowest BCUT2D eigenvalue weighted by atomic mass is 9.95. The Balaban J connectivity index is 1.31. The largest absolute Gasteiger partial charge is 0.459 e. The molecule has 0 atom stereocenters. The van der Waals surface area contributed by atoms with E-state index in [1.54, 1.807) is 17.0 Å². The van der Waals surface area contributed by atoms with Crippen LogP contribution in [0.25, 0.3) is 0 Å². The topological polar surface area (TPSA) is 69.0 Å². The van der Waals surface area contributed by atoms with Crippen LogP contribution in [0.2, 0.25) is 0 Å². The number of anilines is 2. The molecule has 7 nitrogen and oxygen atoms in total. The molecule has 7 heteroatoms. The number of rotatable bonds is 4. The molecule has 2 aromatic rings. The van der Waals surface area contributed by atoms with Gasteiger partial charge in [-0.25, -0.2) is 0 Å². The standard InChI is InChI=1S/C23H30N4O3/c1-17-16-19(26-13-11-25(2)12-14-26)5-6-20(17)24-22(28)18-7-9-27(10-8-18)23(29)21-4-3-15-30-21/h3-6,15-16,18H,7-14H2,1-2H3,(H,24,28). The third-order valence-corrected chi connectivity index (χ3v) is 6.22. The highest BCUT2D eigenvalue weighted by Gasteiger charge is 2.29. The van der Waals surface area contributed by atoms with E-state index >= 15 is 0 Å². The van der Waals surface area contributed by atoms with Gasteiger partial charge in [-0.05, 0) is 62.7 Å². The number of carbonyl (C=O) groups is 2. The third-order valence-electron chi connectivity index (χ3n) is 6.22. The fraction of sp³-hybridized carbons (Fsp3) is 0.478. The molecule has 2 aliphatic heterocycles. The molecule has 3 heterocycles. The zero-order chi connectivity index (χ0) is 21.1. The normalized spacial score (nSPS) is 18.5. The van der Waals surface area contributed by atoms with E-state index in [1.807, 2.05) is 13.0 Å². The second kappa shape index (κ2) is 8.92. The van der Waals surface area contributed by atoms with E-state index < -0.39 is 0 Å². The number of piperidine rings is 1. The number of hydrogen-bond donors (Lipinski definition) is 1. The van der Waals surface area contributed by atoms with Gasteiger partial charge in [0.2, 0.25) is 5.91 Å². The zero-order valence-electron chi connectivity index (χ0n) is 17.8. The second-order valence-corrected chi connectivity index (χ2v) is 8.32. The third kappa shape index (κ3) is 4.51. The van der Waals surface area contributed by atoms with E-state index in [0.29, 0.717) is 31.7 Å². The highest BCUT2D eigenvalue weighted by atomic mass is 16.3. The lowest BCUT2D eigenvalue weighted by molar-refractivity contribution is -0.121. The Morgan fingerprint density at radius 3 is 2.40 bits per heavy atom. The number of nitrogens with one attached hydrogen (secondary N) is 1. The molecular weight excluding hydrogens is 380 g/mol. The molecule has 0 saturated carbocycles. The van der Waals surface area contributed by atoms with Gasteiger partial charge >= 0.3 is 0 Å². The highest BCUT2D eigenvalue weighted by molar-refractivity contribution is 5.94. The van der Waals surface area contributed by atoms with E-state index in [1.165, 1.54) is 12.0 Å². The van der Waals surface area contributed by atoms with Gasteiger partial charge in [0.05, 0.1) is 6.26 Å². The van der Waals surface area contributed by atoms with Gasteiger partial charge in [0.25, 0.3) is 5.91 Å². The van der Waals surface area contributed by atoms with E-state index in [2.05, 4.69) is 34.3 Å². The molecule has 2 saturated heterocycles. The summed E-state index contributed by atoms with van der Waals surface area (Å²) in [5, 5.41) is 3.10. The summed E-state index contributed by atoms with van der Waals surface area (Å²) in [5.41, 5.74) is 3.15. The summed E-state index contributed by atoms with van der Waals surface area (Å²) in [6, 6.07) is 9.65. The minimum Gasteiger partial charge on any atom is -0.459 e. The van der Waals surface area contributed by atoms with E-state index in [0.717, 1.165) is 37.4 Å². The van der Waals surface area contributed by atoms with Crippen molar-refractivity contribution in [3.8, 4) is 0 Å². The SMILES string of the molecule is Cc1cc(N2CCN(C)CC2)ccc1NC(=O)C1CCN(C(=O)c2ccco2)CC1. The van der Waals surface area contributed by atoms with Crippen molar-refractivity contribution in [1.82, 2.24) is 9.80 Å². The van der Waals surface area contributed by atoms with Gasteiger partial charge in [-0.1, -0.05) is 0 Å². The van der Waals surface area contributed by atoms with Crippen molar-refractivity contribution >= 4 is 23.2 Å². The molecule has 0 bridgehead atoms. The molecule has 0 radical (unpaired) electrons. The van der Waals surface area contributed by atoms with Crippen molar-refractivity contribution in [2.45, 2.75) is 19.8 Å². The Kier molecular flexibility index (Phi) is 6.08. The van der Waals surface area contributed by atoms with Crippen molar-refractivity contribution in [1.29, 1.82) is 0 Å². The van der Waals surface area contributed by atoms with Crippen LogP contribution in [-0.4, -0.2) is 67.9 Å². The van der Waals surface area contributed by atoms with Gasteiger partial charge in [0.1, 0.15) is 0 Å². The number of amides is 2. The number of piperazine rings is 1.